The molecule has 0 fully saturated rings. The smallest absolute Gasteiger partial charge is 0.358 e. The van der Waals surface area contributed by atoms with Gasteiger partial charge in [0.1, 0.15) is 0 Å². The van der Waals surface area contributed by atoms with Crippen molar-refractivity contribution in [3.8, 4) is 0 Å². The number of aromatic nitrogens is 2. The van der Waals surface area contributed by atoms with Crippen LogP contribution in [0.1, 0.15) is 23.6 Å². The molecule has 1 N–H and O–H groups in total. The zero-order chi connectivity index (χ0) is 16.0. The van der Waals surface area contributed by atoms with Crippen LogP contribution in [-0.4, -0.2) is 14.3 Å². The van der Waals surface area contributed by atoms with Gasteiger partial charge in [-0.05, 0) is 47.1 Å². The average molecular weight is 329 g/mol. The van der Waals surface area contributed by atoms with Crippen molar-refractivity contribution in [1.82, 2.24) is 9.38 Å². The van der Waals surface area contributed by atoms with Crippen molar-refractivity contribution in [2.75, 3.05) is 5.32 Å². The van der Waals surface area contributed by atoms with Crippen LogP contribution >= 0.6 is 11.6 Å². The molecule has 1 atom stereocenters. The van der Waals surface area contributed by atoms with Crippen molar-refractivity contribution in [3.63, 3.8) is 0 Å². The van der Waals surface area contributed by atoms with E-state index in [9.17, 15) is 10.1 Å². The standard InChI is InChI=1S/C16H13ClN4O2/c17-11-5-6-12-10(9-11)4-7-13(12)18-15-16(21(22)23)20-8-2-1-3-14(20)19-15/h1-3,5-6,8-9,13,18H,4,7H2. The van der Waals surface area contributed by atoms with Crippen molar-refractivity contribution in [1.29, 1.82) is 0 Å². The third-order valence-electron chi connectivity index (χ3n) is 4.17. The first-order chi connectivity index (χ1) is 11.1. The van der Waals surface area contributed by atoms with Crippen molar-refractivity contribution >= 4 is 28.9 Å². The molecule has 1 aliphatic carbocycles. The molecule has 0 saturated heterocycles. The van der Waals surface area contributed by atoms with E-state index in [4.69, 9.17) is 11.6 Å². The number of nitrogens with one attached hydrogen (secondary N) is 1. The molecule has 0 radical (unpaired) electrons. The van der Waals surface area contributed by atoms with Crippen LogP contribution in [0.15, 0.2) is 42.6 Å². The third kappa shape index (κ3) is 2.31. The number of imidazole rings is 1. The fraction of sp³-hybridized carbons (Fsp3) is 0.188. The Morgan fingerprint density at radius 3 is 3.04 bits per heavy atom. The van der Waals surface area contributed by atoms with E-state index >= 15 is 0 Å². The monoisotopic (exact) mass is 328 g/mol. The van der Waals surface area contributed by atoms with E-state index in [0.29, 0.717) is 16.5 Å². The molecular weight excluding hydrogens is 316 g/mol. The lowest BCUT2D eigenvalue weighted by atomic mass is 10.1. The molecular formula is C16H13ClN4O2. The van der Waals surface area contributed by atoms with Gasteiger partial charge in [-0.2, -0.15) is 9.38 Å². The van der Waals surface area contributed by atoms with Crippen LogP contribution in [0.3, 0.4) is 0 Å². The zero-order valence-electron chi connectivity index (χ0n) is 12.1. The van der Waals surface area contributed by atoms with Gasteiger partial charge in [-0.25, -0.2) is 0 Å². The number of nitro groups is 1. The number of halogens is 1. The van der Waals surface area contributed by atoms with Gasteiger partial charge in [0.2, 0.25) is 11.5 Å². The van der Waals surface area contributed by atoms with Gasteiger partial charge in [-0.15, -0.1) is 0 Å². The minimum absolute atomic E-state index is 0.00544. The van der Waals surface area contributed by atoms with Crippen molar-refractivity contribution < 1.29 is 4.92 Å². The largest absolute Gasteiger partial charge is 0.372 e. The molecule has 0 spiro atoms. The van der Waals surface area contributed by atoms with Gasteiger partial charge in [-0.1, -0.05) is 23.7 Å². The maximum atomic E-state index is 11.4. The number of fused-ring (bicyclic) bond motifs is 2. The lowest BCUT2D eigenvalue weighted by molar-refractivity contribution is -0.389. The second kappa shape index (κ2) is 5.24. The number of nitrogens with zero attached hydrogens (tertiary/aromatic N) is 3. The molecule has 3 aromatic rings. The summed E-state index contributed by atoms with van der Waals surface area (Å²) in [5.41, 5.74) is 2.86. The Kier molecular flexibility index (Phi) is 3.20. The highest BCUT2D eigenvalue weighted by atomic mass is 35.5. The first-order valence-corrected chi connectivity index (χ1v) is 7.67. The number of rotatable bonds is 3. The van der Waals surface area contributed by atoms with Crippen molar-refractivity contribution in [2.24, 2.45) is 0 Å². The van der Waals surface area contributed by atoms with Crippen molar-refractivity contribution in [3.05, 3.63) is 68.9 Å². The van der Waals surface area contributed by atoms with Gasteiger partial charge in [0.25, 0.3) is 0 Å². The minimum Gasteiger partial charge on any atom is -0.358 e. The molecule has 7 heteroatoms. The summed E-state index contributed by atoms with van der Waals surface area (Å²) in [7, 11) is 0. The maximum Gasteiger partial charge on any atom is 0.372 e. The maximum absolute atomic E-state index is 11.4. The second-order valence-electron chi connectivity index (χ2n) is 5.55. The summed E-state index contributed by atoms with van der Waals surface area (Å²) in [6.07, 6.45) is 3.41. The minimum atomic E-state index is -0.403. The molecule has 4 rings (SSSR count). The number of benzene rings is 1. The fourth-order valence-electron chi connectivity index (χ4n) is 3.16. The number of aryl methyl sites for hydroxylation is 1. The highest BCUT2D eigenvalue weighted by molar-refractivity contribution is 6.30. The molecule has 6 nitrogen and oxygen atoms in total. The van der Waals surface area contributed by atoms with Gasteiger partial charge in [-0.3, -0.25) is 0 Å². The van der Waals surface area contributed by atoms with E-state index in [1.165, 1.54) is 9.96 Å². The Morgan fingerprint density at radius 2 is 2.22 bits per heavy atom. The SMILES string of the molecule is O=[N+]([O-])c1c(NC2CCc3cc(Cl)ccc32)nc2ccccn12. The lowest BCUT2D eigenvalue weighted by Crippen LogP contribution is -2.09. The number of hydrogen-bond acceptors (Lipinski definition) is 4. The summed E-state index contributed by atoms with van der Waals surface area (Å²) in [6.45, 7) is 0. The van der Waals surface area contributed by atoms with E-state index in [2.05, 4.69) is 10.3 Å². The number of anilines is 1. The fourth-order valence-corrected chi connectivity index (χ4v) is 3.35. The molecule has 23 heavy (non-hydrogen) atoms. The molecule has 1 aromatic carbocycles. The van der Waals surface area contributed by atoms with Crippen LogP contribution in [0.5, 0.6) is 0 Å². The summed E-state index contributed by atoms with van der Waals surface area (Å²) >= 11 is 6.03. The Balaban J connectivity index is 1.75. The molecule has 0 amide bonds. The Morgan fingerprint density at radius 1 is 1.35 bits per heavy atom. The molecule has 0 bridgehead atoms. The summed E-state index contributed by atoms with van der Waals surface area (Å²) in [6, 6.07) is 11.1. The molecule has 1 aliphatic rings. The van der Waals surface area contributed by atoms with Gasteiger partial charge in [0.15, 0.2) is 0 Å². The van der Waals surface area contributed by atoms with Gasteiger partial charge >= 0.3 is 5.82 Å². The zero-order valence-corrected chi connectivity index (χ0v) is 12.8. The lowest BCUT2D eigenvalue weighted by Gasteiger charge is -2.13. The molecule has 2 aromatic heterocycles. The van der Waals surface area contributed by atoms with Gasteiger partial charge < -0.3 is 15.4 Å². The Labute approximate surface area is 136 Å². The molecule has 2 heterocycles. The normalized spacial score (nSPS) is 16.5. The van der Waals surface area contributed by atoms with Crippen LogP contribution in [0.2, 0.25) is 5.02 Å². The van der Waals surface area contributed by atoms with Crippen LogP contribution < -0.4 is 5.32 Å². The van der Waals surface area contributed by atoms with E-state index in [1.54, 1.807) is 18.3 Å². The summed E-state index contributed by atoms with van der Waals surface area (Å²) in [5.74, 6) is 0.261. The van der Waals surface area contributed by atoms with Crippen LogP contribution in [0.25, 0.3) is 5.65 Å². The Bertz CT molecular complexity index is 922. The number of hydrogen-bond donors (Lipinski definition) is 1. The number of pyridine rings is 1. The van der Waals surface area contributed by atoms with Gasteiger partial charge in [0.05, 0.1) is 12.2 Å². The highest BCUT2D eigenvalue weighted by Crippen LogP contribution is 2.37. The van der Waals surface area contributed by atoms with Gasteiger partial charge in [0, 0.05) is 11.1 Å². The third-order valence-corrected chi connectivity index (χ3v) is 4.41. The van der Waals surface area contributed by atoms with E-state index in [1.807, 2.05) is 24.3 Å². The van der Waals surface area contributed by atoms with Crippen LogP contribution in [0, 0.1) is 10.1 Å². The summed E-state index contributed by atoms with van der Waals surface area (Å²) in [5, 5.41) is 15.4. The van der Waals surface area contributed by atoms with Crippen LogP contribution in [0.4, 0.5) is 11.6 Å². The van der Waals surface area contributed by atoms with Crippen LogP contribution in [-0.2, 0) is 6.42 Å². The van der Waals surface area contributed by atoms with E-state index in [-0.39, 0.29) is 11.9 Å². The molecule has 1 unspecified atom stereocenters. The predicted octanol–water partition coefficient (Wildman–Crippen LogP) is 4.00. The van der Waals surface area contributed by atoms with E-state index in [0.717, 1.165) is 18.4 Å². The van der Waals surface area contributed by atoms with E-state index < -0.39 is 4.92 Å². The molecule has 116 valence electrons. The summed E-state index contributed by atoms with van der Waals surface area (Å²) in [4.78, 5) is 15.4. The van der Waals surface area contributed by atoms with Crippen molar-refractivity contribution in [2.45, 2.75) is 18.9 Å². The molecule has 0 saturated carbocycles. The highest BCUT2D eigenvalue weighted by Gasteiger charge is 2.28. The first-order valence-electron chi connectivity index (χ1n) is 7.30. The molecule has 0 aliphatic heterocycles. The topological polar surface area (TPSA) is 72.5 Å². The first kappa shape index (κ1) is 14.0. The second-order valence-corrected chi connectivity index (χ2v) is 5.99. The Hall–Kier alpha value is -2.60. The summed E-state index contributed by atoms with van der Waals surface area (Å²) < 4.78 is 1.49. The average Bonchev–Trinajstić information content (AvgIpc) is 3.08. The predicted molar refractivity (Wildman–Crippen MR) is 88.0 cm³/mol. The quantitative estimate of drug-likeness (QED) is 0.582.